The average Bonchev–Trinajstić information content (AvgIpc) is 3.28. The van der Waals surface area contributed by atoms with E-state index in [9.17, 15) is 0 Å². The molecule has 1 saturated heterocycles. The number of ether oxygens (including phenoxy) is 5. The standard InChI is InChI=1S/C32H32O5/c1-5-13-25(14-6-1)21-33-24-29-30(34-22-26-15-7-2-8-16-26)31(35-23-27-17-9-3-10-18-27)32(37-29)36-28-19-11-4-12-20-28/h1-20,29-32H,21-24H2/t29-,30-,31+,32-/m1/s1. The van der Waals surface area contributed by atoms with Crippen LogP contribution < -0.4 is 4.74 Å². The van der Waals surface area contributed by atoms with Gasteiger partial charge in [0.1, 0.15) is 24.1 Å². The van der Waals surface area contributed by atoms with Gasteiger partial charge >= 0.3 is 0 Å². The molecule has 0 aromatic heterocycles. The third-order valence-corrected chi connectivity index (χ3v) is 6.23. The number of rotatable bonds is 12. The summed E-state index contributed by atoms with van der Waals surface area (Å²) >= 11 is 0. The van der Waals surface area contributed by atoms with Crippen molar-refractivity contribution in [1.82, 2.24) is 0 Å². The number of hydrogen-bond donors (Lipinski definition) is 0. The Balaban J connectivity index is 1.33. The molecule has 1 fully saturated rings. The van der Waals surface area contributed by atoms with Gasteiger partial charge in [-0.15, -0.1) is 0 Å². The van der Waals surface area contributed by atoms with Crippen molar-refractivity contribution in [3.63, 3.8) is 0 Å². The molecule has 37 heavy (non-hydrogen) atoms. The van der Waals surface area contributed by atoms with Crippen LogP contribution in [0.25, 0.3) is 0 Å². The molecular formula is C32H32O5. The zero-order valence-electron chi connectivity index (χ0n) is 20.7. The maximum Gasteiger partial charge on any atom is 0.229 e. The van der Waals surface area contributed by atoms with Gasteiger partial charge in [-0.05, 0) is 28.8 Å². The van der Waals surface area contributed by atoms with E-state index >= 15 is 0 Å². The van der Waals surface area contributed by atoms with Crippen molar-refractivity contribution in [2.24, 2.45) is 0 Å². The van der Waals surface area contributed by atoms with Crippen LogP contribution >= 0.6 is 0 Å². The lowest BCUT2D eigenvalue weighted by Crippen LogP contribution is -2.40. The Morgan fingerprint density at radius 1 is 0.514 bits per heavy atom. The predicted molar refractivity (Wildman–Crippen MR) is 142 cm³/mol. The van der Waals surface area contributed by atoms with Gasteiger partial charge in [0.15, 0.2) is 0 Å². The van der Waals surface area contributed by atoms with E-state index in [0.29, 0.717) is 32.2 Å². The van der Waals surface area contributed by atoms with Crippen molar-refractivity contribution in [2.75, 3.05) is 6.61 Å². The van der Waals surface area contributed by atoms with E-state index in [1.54, 1.807) is 0 Å². The minimum Gasteiger partial charge on any atom is -0.462 e. The first kappa shape index (κ1) is 25.2. The molecule has 1 aliphatic heterocycles. The van der Waals surface area contributed by atoms with Crippen molar-refractivity contribution >= 4 is 0 Å². The Hall–Kier alpha value is -3.48. The van der Waals surface area contributed by atoms with Crippen LogP contribution in [0.1, 0.15) is 16.7 Å². The van der Waals surface area contributed by atoms with Crippen LogP contribution in [0.4, 0.5) is 0 Å². The molecule has 5 nitrogen and oxygen atoms in total. The number of hydrogen-bond acceptors (Lipinski definition) is 5. The quantitative estimate of drug-likeness (QED) is 0.234. The van der Waals surface area contributed by atoms with Gasteiger partial charge in [0, 0.05) is 0 Å². The van der Waals surface area contributed by atoms with Gasteiger partial charge in [0.25, 0.3) is 0 Å². The monoisotopic (exact) mass is 496 g/mol. The zero-order valence-corrected chi connectivity index (χ0v) is 20.7. The van der Waals surface area contributed by atoms with Crippen LogP contribution in [0.3, 0.4) is 0 Å². The Morgan fingerprint density at radius 3 is 1.51 bits per heavy atom. The van der Waals surface area contributed by atoms with Crippen LogP contribution in [0.15, 0.2) is 121 Å². The van der Waals surface area contributed by atoms with Crippen LogP contribution in [0, 0.1) is 0 Å². The number of para-hydroxylation sites is 1. The molecule has 0 spiro atoms. The normalized spacial score (nSPS) is 21.1. The predicted octanol–water partition coefficient (Wildman–Crippen LogP) is 6.18. The van der Waals surface area contributed by atoms with Crippen molar-refractivity contribution in [3.8, 4) is 5.75 Å². The van der Waals surface area contributed by atoms with E-state index in [2.05, 4.69) is 12.1 Å². The van der Waals surface area contributed by atoms with E-state index in [4.69, 9.17) is 23.7 Å². The van der Waals surface area contributed by atoms with Gasteiger partial charge in [0.2, 0.25) is 6.29 Å². The van der Waals surface area contributed by atoms with E-state index in [0.717, 1.165) is 16.7 Å². The smallest absolute Gasteiger partial charge is 0.229 e. The lowest BCUT2D eigenvalue weighted by atomic mass is 10.1. The molecule has 4 aromatic rings. The van der Waals surface area contributed by atoms with Gasteiger partial charge in [0.05, 0.1) is 26.4 Å². The first-order valence-corrected chi connectivity index (χ1v) is 12.6. The van der Waals surface area contributed by atoms with Crippen LogP contribution in [0.5, 0.6) is 5.75 Å². The van der Waals surface area contributed by atoms with E-state index in [1.165, 1.54) is 0 Å². The lowest BCUT2D eigenvalue weighted by molar-refractivity contribution is -0.138. The lowest BCUT2D eigenvalue weighted by Gasteiger charge is -2.25. The second kappa shape index (κ2) is 13.2. The second-order valence-corrected chi connectivity index (χ2v) is 9.00. The summed E-state index contributed by atoms with van der Waals surface area (Å²) in [6.45, 7) is 1.71. The van der Waals surface area contributed by atoms with Crippen LogP contribution in [-0.4, -0.2) is 31.2 Å². The van der Waals surface area contributed by atoms with E-state index < -0.39 is 12.4 Å². The molecule has 0 aliphatic carbocycles. The summed E-state index contributed by atoms with van der Waals surface area (Å²) in [6, 6.07) is 40.0. The van der Waals surface area contributed by atoms with E-state index in [1.807, 2.05) is 109 Å². The van der Waals surface area contributed by atoms with Gasteiger partial charge < -0.3 is 23.7 Å². The van der Waals surface area contributed by atoms with Crippen molar-refractivity contribution in [3.05, 3.63) is 138 Å². The van der Waals surface area contributed by atoms with Crippen LogP contribution in [0.2, 0.25) is 0 Å². The molecule has 1 heterocycles. The second-order valence-electron chi connectivity index (χ2n) is 9.00. The summed E-state index contributed by atoms with van der Waals surface area (Å²) in [5.74, 6) is 0.716. The van der Waals surface area contributed by atoms with Crippen molar-refractivity contribution in [2.45, 2.75) is 44.4 Å². The highest BCUT2D eigenvalue weighted by Gasteiger charge is 2.48. The summed E-state index contributed by atoms with van der Waals surface area (Å²) in [5.41, 5.74) is 3.27. The first-order chi connectivity index (χ1) is 18.3. The summed E-state index contributed by atoms with van der Waals surface area (Å²) in [4.78, 5) is 0. The van der Waals surface area contributed by atoms with Crippen molar-refractivity contribution < 1.29 is 23.7 Å². The highest BCUT2D eigenvalue weighted by Crippen LogP contribution is 2.31. The summed E-state index contributed by atoms with van der Waals surface area (Å²) < 4.78 is 31.7. The Bertz CT molecular complexity index is 1170. The Morgan fingerprint density at radius 2 is 0.973 bits per heavy atom. The zero-order chi connectivity index (χ0) is 25.1. The summed E-state index contributed by atoms with van der Waals surface area (Å²) in [5, 5.41) is 0. The van der Waals surface area contributed by atoms with E-state index in [-0.39, 0.29) is 12.2 Å². The Kier molecular flexibility index (Phi) is 8.97. The molecule has 5 heteroatoms. The molecule has 1 aliphatic rings. The molecular weight excluding hydrogens is 464 g/mol. The highest BCUT2D eigenvalue weighted by molar-refractivity contribution is 5.22. The Labute approximate surface area is 218 Å². The largest absolute Gasteiger partial charge is 0.462 e. The maximum atomic E-state index is 6.46. The summed E-state index contributed by atoms with van der Waals surface area (Å²) in [7, 11) is 0. The topological polar surface area (TPSA) is 46.2 Å². The molecule has 0 N–H and O–H groups in total. The minimum absolute atomic E-state index is 0.355. The van der Waals surface area contributed by atoms with Gasteiger partial charge in [-0.2, -0.15) is 0 Å². The molecule has 0 saturated carbocycles. The molecule has 4 atom stereocenters. The van der Waals surface area contributed by atoms with Gasteiger partial charge in [-0.3, -0.25) is 0 Å². The SMILES string of the molecule is c1ccc(COC[C@H]2O[C@@H](Oc3ccccc3)[C@@H](OCc3ccccc3)[C@@H]2OCc2ccccc2)cc1. The fourth-order valence-electron chi connectivity index (χ4n) is 4.33. The molecule has 4 aromatic carbocycles. The summed E-state index contributed by atoms with van der Waals surface area (Å²) in [6.07, 6.45) is -1.83. The molecule has 190 valence electrons. The van der Waals surface area contributed by atoms with Crippen LogP contribution in [-0.2, 0) is 38.8 Å². The minimum atomic E-state index is -0.641. The van der Waals surface area contributed by atoms with Crippen molar-refractivity contribution in [1.29, 1.82) is 0 Å². The third-order valence-electron chi connectivity index (χ3n) is 6.23. The maximum absolute atomic E-state index is 6.46. The molecule has 0 radical (unpaired) electrons. The average molecular weight is 497 g/mol. The molecule has 0 unspecified atom stereocenters. The molecule has 5 rings (SSSR count). The highest BCUT2D eigenvalue weighted by atomic mass is 16.7. The fourth-order valence-corrected chi connectivity index (χ4v) is 4.33. The molecule has 0 bridgehead atoms. The molecule has 0 amide bonds. The number of benzene rings is 4. The van der Waals surface area contributed by atoms with Gasteiger partial charge in [-0.25, -0.2) is 0 Å². The fraction of sp³-hybridized carbons (Fsp3) is 0.250. The first-order valence-electron chi connectivity index (χ1n) is 12.6. The third kappa shape index (κ3) is 7.28. The van der Waals surface area contributed by atoms with Gasteiger partial charge in [-0.1, -0.05) is 109 Å².